The van der Waals surface area contributed by atoms with Crippen LogP contribution in [0.1, 0.15) is 47.8 Å². The number of anilines is 1. The van der Waals surface area contributed by atoms with E-state index < -0.39 is 79.7 Å². The molecule has 0 spiro atoms. The Morgan fingerprint density at radius 1 is 1.15 bits per heavy atom. The Labute approximate surface area is 274 Å². The summed E-state index contributed by atoms with van der Waals surface area (Å²) in [6.45, 7) is 4.44. The number of aliphatic hydroxyl groups is 2. The molecule has 2 aromatic heterocycles. The monoisotopic (exact) mass is 707 g/mol. The Bertz CT molecular complexity index is 1480. The second-order valence-corrected chi connectivity index (χ2v) is 15.5. The molecule has 1 saturated heterocycles. The van der Waals surface area contributed by atoms with E-state index in [-0.39, 0.29) is 28.7 Å². The van der Waals surface area contributed by atoms with Crippen molar-refractivity contribution in [2.24, 2.45) is 0 Å². The van der Waals surface area contributed by atoms with Gasteiger partial charge in [0.15, 0.2) is 17.4 Å². The molecule has 0 bridgehead atoms. The van der Waals surface area contributed by atoms with Crippen molar-refractivity contribution in [3.05, 3.63) is 6.33 Å². The van der Waals surface area contributed by atoms with Crippen molar-refractivity contribution >= 4 is 53.2 Å². The molecule has 0 aromatic carbocycles. The number of carbonyl (C=O) groups excluding carboxylic acids is 3. The van der Waals surface area contributed by atoms with Crippen molar-refractivity contribution in [1.29, 1.82) is 0 Å². The van der Waals surface area contributed by atoms with E-state index in [9.17, 15) is 29.2 Å². The molecule has 3 heterocycles. The molecule has 1 fully saturated rings. The maximum absolute atomic E-state index is 14.2. The van der Waals surface area contributed by atoms with Crippen molar-refractivity contribution in [3.63, 3.8) is 0 Å². The van der Waals surface area contributed by atoms with E-state index in [1.807, 2.05) is 0 Å². The second kappa shape index (κ2) is 15.8. The summed E-state index contributed by atoms with van der Waals surface area (Å²) in [5, 5.41) is 27.4. The Morgan fingerprint density at radius 3 is 2.38 bits per heavy atom. The van der Waals surface area contributed by atoms with Crippen LogP contribution in [0.25, 0.3) is 11.2 Å². The maximum atomic E-state index is 14.2. The lowest BCUT2D eigenvalue weighted by molar-refractivity contribution is -0.150. The molecule has 0 saturated carbocycles. The molecule has 0 unspecified atom stereocenters. The molecule has 2 aromatic rings. The molecule has 0 radical (unpaired) electrons. The number of amides is 1. The first-order chi connectivity index (χ1) is 21.9. The standard InChI is InChI=1S/C26H42N7O12PS/c1-12(2)43-21(35)14(5)32-46(39,47-10-15(29-25(37)41-8)22(36)44-13(3)4)42-9-16-18(34)26(6,38)23(45-16)33-11-28-17-19(33)30-24(27)31-20(17)40-7/h11-16,18,23,34,38H,9-10H2,1-8H3,(H,29,37)(H,32,39)(H2,27,30,31)/t14-,15+,16-,18-,23-,26-,46-/m1/s1. The van der Waals surface area contributed by atoms with Crippen molar-refractivity contribution < 1.29 is 57.4 Å². The minimum absolute atomic E-state index is 0.0794. The highest BCUT2D eigenvalue weighted by atomic mass is 32.7. The summed E-state index contributed by atoms with van der Waals surface area (Å²) in [5.74, 6) is -1.98. The molecule has 7 atom stereocenters. The van der Waals surface area contributed by atoms with Crippen LogP contribution in [0.5, 0.6) is 5.88 Å². The van der Waals surface area contributed by atoms with Crippen LogP contribution in [0.15, 0.2) is 6.33 Å². The summed E-state index contributed by atoms with van der Waals surface area (Å²) in [5.41, 5.74) is 4.22. The number of hydrogen-bond acceptors (Lipinski definition) is 17. The van der Waals surface area contributed by atoms with Gasteiger partial charge in [0.25, 0.3) is 0 Å². The molecule has 3 rings (SSSR count). The largest absolute Gasteiger partial charge is 0.479 e. The topological polar surface area (TPSA) is 258 Å². The number of fused-ring (bicyclic) bond motifs is 1. The Hall–Kier alpha value is -3.26. The zero-order chi connectivity index (χ0) is 35.3. The quantitative estimate of drug-likeness (QED) is 0.0978. The molecule has 1 aliphatic rings. The molecule has 1 aliphatic heterocycles. The number of imidazole rings is 1. The summed E-state index contributed by atoms with van der Waals surface area (Å²) in [6.07, 6.45) is -4.80. The van der Waals surface area contributed by atoms with Crippen LogP contribution in [0.2, 0.25) is 0 Å². The number of nitrogens with zero attached hydrogens (tertiary/aromatic N) is 4. The number of methoxy groups -OCH3 is 2. The van der Waals surface area contributed by atoms with Gasteiger partial charge in [0, 0.05) is 5.75 Å². The number of nitrogens with two attached hydrogens (primary N) is 1. The van der Waals surface area contributed by atoms with Gasteiger partial charge in [-0.15, -0.1) is 0 Å². The van der Waals surface area contributed by atoms with Gasteiger partial charge >= 0.3 is 24.8 Å². The zero-order valence-electron chi connectivity index (χ0n) is 27.2. The van der Waals surface area contributed by atoms with E-state index in [2.05, 4.69) is 30.1 Å². The number of carbonyl (C=O) groups is 3. The summed E-state index contributed by atoms with van der Waals surface area (Å²) < 4.78 is 47.5. The number of rotatable bonds is 15. The van der Waals surface area contributed by atoms with Crippen LogP contribution in [-0.2, 0) is 37.6 Å². The van der Waals surface area contributed by atoms with E-state index in [0.717, 1.165) is 7.11 Å². The Balaban J connectivity index is 1.86. The van der Waals surface area contributed by atoms with Crippen molar-refractivity contribution in [1.82, 2.24) is 29.9 Å². The number of aromatic nitrogens is 4. The zero-order valence-corrected chi connectivity index (χ0v) is 28.9. The van der Waals surface area contributed by atoms with Crippen molar-refractivity contribution in [2.75, 3.05) is 32.3 Å². The fraction of sp³-hybridized carbons (Fsp3) is 0.692. The Morgan fingerprint density at radius 2 is 1.79 bits per heavy atom. The number of nitrogen functional groups attached to an aromatic ring is 1. The summed E-state index contributed by atoms with van der Waals surface area (Å²) in [4.78, 5) is 49.6. The molecule has 1 amide bonds. The van der Waals surface area contributed by atoms with Gasteiger partial charge in [0.2, 0.25) is 11.8 Å². The fourth-order valence-corrected chi connectivity index (χ4v) is 8.21. The van der Waals surface area contributed by atoms with Crippen LogP contribution in [0, 0.1) is 0 Å². The van der Waals surface area contributed by atoms with Crippen molar-refractivity contribution in [3.8, 4) is 5.88 Å². The number of alkyl carbamates (subject to hydrolysis) is 1. The van der Waals surface area contributed by atoms with Gasteiger partial charge in [-0.25, -0.2) is 19.7 Å². The minimum Gasteiger partial charge on any atom is -0.479 e. The van der Waals surface area contributed by atoms with Gasteiger partial charge in [0.1, 0.15) is 29.9 Å². The first-order valence-corrected chi connectivity index (χ1v) is 17.7. The van der Waals surface area contributed by atoms with Crippen molar-refractivity contribution in [2.45, 2.75) is 89.9 Å². The third-order valence-corrected chi connectivity index (χ3v) is 10.7. The van der Waals surface area contributed by atoms with E-state index in [1.54, 1.807) is 27.7 Å². The lowest BCUT2D eigenvalue weighted by atomic mass is 9.96. The molecular formula is C26H42N7O12PS. The highest BCUT2D eigenvalue weighted by molar-refractivity contribution is 8.56. The van der Waals surface area contributed by atoms with Gasteiger partial charge in [-0.3, -0.25) is 13.9 Å². The molecule has 264 valence electrons. The summed E-state index contributed by atoms with van der Waals surface area (Å²) in [6, 6.07) is -2.49. The minimum atomic E-state index is -4.19. The van der Waals surface area contributed by atoms with Gasteiger partial charge in [-0.05, 0) is 41.5 Å². The second-order valence-electron chi connectivity index (χ2n) is 11.2. The number of hydrogen-bond donors (Lipinski definition) is 5. The lowest BCUT2D eigenvalue weighted by Gasteiger charge is -2.27. The molecular weight excluding hydrogens is 665 g/mol. The maximum Gasteiger partial charge on any atom is 0.407 e. The first kappa shape index (κ1) is 38.2. The predicted molar refractivity (Wildman–Crippen MR) is 167 cm³/mol. The van der Waals surface area contributed by atoms with Crippen LogP contribution in [0.3, 0.4) is 0 Å². The third kappa shape index (κ3) is 9.43. The normalized spacial score (nSPS) is 23.7. The van der Waals surface area contributed by atoms with Crippen LogP contribution in [0.4, 0.5) is 10.7 Å². The average Bonchev–Trinajstić information content (AvgIpc) is 3.49. The molecule has 21 heteroatoms. The van der Waals surface area contributed by atoms with E-state index in [0.29, 0.717) is 11.4 Å². The smallest absolute Gasteiger partial charge is 0.407 e. The number of nitrogens with one attached hydrogen (secondary N) is 2. The van der Waals surface area contributed by atoms with Crippen LogP contribution < -0.4 is 20.9 Å². The molecule has 6 N–H and O–H groups in total. The van der Waals surface area contributed by atoms with Crippen LogP contribution in [-0.4, -0.2) is 116 Å². The third-order valence-electron chi connectivity index (χ3n) is 6.60. The number of ether oxygens (including phenoxy) is 5. The van der Waals surface area contributed by atoms with E-state index >= 15 is 0 Å². The highest BCUT2D eigenvalue weighted by Gasteiger charge is 2.54. The first-order valence-electron chi connectivity index (χ1n) is 14.4. The molecule has 0 aliphatic carbocycles. The van der Waals surface area contributed by atoms with Crippen LogP contribution >= 0.6 is 18.1 Å². The fourth-order valence-electron chi connectivity index (χ4n) is 4.36. The van der Waals surface area contributed by atoms with Gasteiger partial charge in [0.05, 0.1) is 39.4 Å². The molecule has 47 heavy (non-hydrogen) atoms. The Kier molecular flexibility index (Phi) is 12.8. The molecule has 19 nitrogen and oxygen atoms in total. The van der Waals surface area contributed by atoms with Gasteiger partial charge < -0.3 is 49.5 Å². The number of aliphatic hydroxyl groups excluding tert-OH is 1. The highest BCUT2D eigenvalue weighted by Crippen LogP contribution is 2.57. The summed E-state index contributed by atoms with van der Waals surface area (Å²) in [7, 11) is 2.47. The van der Waals surface area contributed by atoms with E-state index in [4.69, 9.17) is 29.2 Å². The number of esters is 2. The van der Waals surface area contributed by atoms with Gasteiger partial charge in [-0.1, -0.05) is 11.4 Å². The predicted octanol–water partition coefficient (Wildman–Crippen LogP) is 0.890. The average molecular weight is 708 g/mol. The summed E-state index contributed by atoms with van der Waals surface area (Å²) >= 11 is 0.579. The lowest BCUT2D eigenvalue weighted by Crippen LogP contribution is -2.45. The SMILES string of the molecule is COC(=O)N[C@@H](CS[P@@](=O)(N[C@H](C)C(=O)OC(C)C)OC[C@H]1O[C@@H](n2cnc3c(OC)nc(N)nc32)[C@](C)(O)[C@@H]1O)C(=O)OC(C)C. The van der Waals surface area contributed by atoms with E-state index in [1.165, 1.54) is 31.9 Å². The van der Waals surface area contributed by atoms with Gasteiger partial charge in [-0.2, -0.15) is 9.97 Å².